The first-order chi connectivity index (χ1) is 12.6. The van der Waals surface area contributed by atoms with Gasteiger partial charge in [-0.15, -0.1) is 0 Å². The highest BCUT2D eigenvalue weighted by molar-refractivity contribution is 5.94. The molecule has 2 rings (SSSR count). The van der Waals surface area contributed by atoms with Gasteiger partial charge in [0, 0.05) is 6.04 Å². The largest absolute Gasteiger partial charge is 0.488 e. The van der Waals surface area contributed by atoms with Crippen LogP contribution in [0.3, 0.4) is 0 Å². The Hall–Kier alpha value is -2.82. The van der Waals surface area contributed by atoms with Crippen molar-refractivity contribution in [3.63, 3.8) is 0 Å². The summed E-state index contributed by atoms with van der Waals surface area (Å²) in [6.07, 6.45) is 1.86. The Labute approximate surface area is 154 Å². The van der Waals surface area contributed by atoms with Gasteiger partial charge in [-0.3, -0.25) is 4.79 Å². The van der Waals surface area contributed by atoms with Crippen molar-refractivity contribution in [3.05, 3.63) is 65.7 Å². The summed E-state index contributed by atoms with van der Waals surface area (Å²) >= 11 is 0. The van der Waals surface area contributed by atoms with Crippen molar-refractivity contribution in [2.24, 2.45) is 0 Å². The van der Waals surface area contributed by atoms with Crippen LogP contribution in [0.2, 0.25) is 0 Å². The van der Waals surface area contributed by atoms with Crippen LogP contribution < -0.4 is 10.1 Å². The fourth-order valence-corrected chi connectivity index (χ4v) is 2.53. The zero-order chi connectivity index (χ0) is 18.8. The molecule has 1 atom stereocenters. The summed E-state index contributed by atoms with van der Waals surface area (Å²) in [6, 6.07) is 16.6. The van der Waals surface area contributed by atoms with Gasteiger partial charge >= 0.3 is 5.97 Å². The van der Waals surface area contributed by atoms with Gasteiger partial charge in [0.05, 0.1) is 0 Å². The number of benzene rings is 2. The maximum absolute atomic E-state index is 12.3. The minimum Gasteiger partial charge on any atom is -0.488 e. The van der Waals surface area contributed by atoms with Crippen molar-refractivity contribution in [2.45, 2.75) is 39.3 Å². The number of ether oxygens (including phenoxy) is 2. The predicted octanol–water partition coefficient (Wildman–Crippen LogP) is 3.73. The molecule has 0 heterocycles. The quantitative estimate of drug-likeness (QED) is 0.696. The summed E-state index contributed by atoms with van der Waals surface area (Å²) in [7, 11) is 0. The molecule has 0 aromatic heterocycles. The van der Waals surface area contributed by atoms with Crippen molar-refractivity contribution < 1.29 is 19.1 Å². The molecule has 0 saturated heterocycles. The zero-order valence-electron chi connectivity index (χ0n) is 15.2. The summed E-state index contributed by atoms with van der Waals surface area (Å²) in [5, 5.41) is 2.80. The smallest absolute Gasteiger partial charge is 0.342 e. The number of carbonyl (C=O) groups is 2. The van der Waals surface area contributed by atoms with Crippen LogP contribution in [0.1, 0.15) is 42.6 Å². The summed E-state index contributed by atoms with van der Waals surface area (Å²) in [4.78, 5) is 24.2. The highest BCUT2D eigenvalue weighted by Gasteiger charge is 2.16. The van der Waals surface area contributed by atoms with E-state index in [1.165, 1.54) is 0 Å². The van der Waals surface area contributed by atoms with Crippen LogP contribution in [0.5, 0.6) is 5.75 Å². The Bertz CT molecular complexity index is 715. The first-order valence-electron chi connectivity index (χ1n) is 8.82. The minimum atomic E-state index is -0.577. The summed E-state index contributed by atoms with van der Waals surface area (Å²) in [6.45, 7) is 4.02. The second kappa shape index (κ2) is 10.2. The third-order valence-electron chi connectivity index (χ3n) is 3.81. The predicted molar refractivity (Wildman–Crippen MR) is 100 cm³/mol. The fourth-order valence-electron chi connectivity index (χ4n) is 2.53. The molecule has 0 saturated carbocycles. The van der Waals surface area contributed by atoms with Crippen molar-refractivity contribution in [2.75, 3.05) is 6.61 Å². The van der Waals surface area contributed by atoms with Gasteiger partial charge in [0.2, 0.25) is 0 Å². The summed E-state index contributed by atoms with van der Waals surface area (Å²) in [5.41, 5.74) is 1.30. The second-order valence-electron chi connectivity index (χ2n) is 6.10. The first-order valence-corrected chi connectivity index (χ1v) is 8.82. The fraction of sp³-hybridized carbons (Fsp3) is 0.333. The minimum absolute atomic E-state index is 0.0627. The molecular weight excluding hydrogens is 330 g/mol. The molecule has 26 heavy (non-hydrogen) atoms. The monoisotopic (exact) mass is 355 g/mol. The van der Waals surface area contributed by atoms with E-state index in [0.717, 1.165) is 18.4 Å². The third kappa shape index (κ3) is 6.24. The lowest BCUT2D eigenvalue weighted by Gasteiger charge is -2.14. The van der Waals surface area contributed by atoms with E-state index in [1.54, 1.807) is 24.3 Å². The second-order valence-corrected chi connectivity index (χ2v) is 6.10. The number of amides is 1. The molecule has 138 valence electrons. The van der Waals surface area contributed by atoms with Crippen LogP contribution in [-0.4, -0.2) is 24.5 Å². The van der Waals surface area contributed by atoms with E-state index < -0.39 is 5.97 Å². The molecule has 5 nitrogen and oxygen atoms in total. The van der Waals surface area contributed by atoms with Crippen LogP contribution in [0, 0.1) is 0 Å². The summed E-state index contributed by atoms with van der Waals surface area (Å²) in [5.74, 6) is -0.449. The van der Waals surface area contributed by atoms with Gasteiger partial charge in [-0.1, -0.05) is 55.8 Å². The molecule has 1 amide bonds. The lowest BCUT2D eigenvalue weighted by molar-refractivity contribution is -0.124. The number of hydrogen-bond acceptors (Lipinski definition) is 4. The Morgan fingerprint density at radius 1 is 1.04 bits per heavy atom. The van der Waals surface area contributed by atoms with Crippen molar-refractivity contribution in [1.29, 1.82) is 0 Å². The highest BCUT2D eigenvalue weighted by Crippen LogP contribution is 2.20. The van der Waals surface area contributed by atoms with Crippen LogP contribution in [0.4, 0.5) is 0 Å². The van der Waals surface area contributed by atoms with Gasteiger partial charge in [0.15, 0.2) is 6.61 Å². The van der Waals surface area contributed by atoms with Crippen LogP contribution in [0.25, 0.3) is 0 Å². The van der Waals surface area contributed by atoms with Gasteiger partial charge in [-0.25, -0.2) is 4.79 Å². The molecular formula is C21H25NO4. The van der Waals surface area contributed by atoms with Crippen LogP contribution in [-0.2, 0) is 16.1 Å². The van der Waals surface area contributed by atoms with E-state index >= 15 is 0 Å². The van der Waals surface area contributed by atoms with Gasteiger partial charge < -0.3 is 14.8 Å². The van der Waals surface area contributed by atoms with E-state index in [0.29, 0.717) is 17.9 Å². The molecule has 0 aliphatic carbocycles. The van der Waals surface area contributed by atoms with Crippen molar-refractivity contribution in [3.8, 4) is 5.75 Å². The number of carbonyl (C=O) groups excluding carboxylic acids is 2. The van der Waals surface area contributed by atoms with Crippen LogP contribution in [0.15, 0.2) is 54.6 Å². The normalized spacial score (nSPS) is 11.5. The molecule has 0 aliphatic rings. The van der Waals surface area contributed by atoms with Gasteiger partial charge in [0.1, 0.15) is 17.9 Å². The molecule has 0 spiro atoms. The molecule has 1 N–H and O–H groups in total. The maximum atomic E-state index is 12.3. The lowest BCUT2D eigenvalue weighted by Crippen LogP contribution is -2.35. The lowest BCUT2D eigenvalue weighted by atomic mass is 10.2. The van der Waals surface area contributed by atoms with Crippen LogP contribution >= 0.6 is 0 Å². The Kier molecular flexibility index (Phi) is 7.68. The number of para-hydroxylation sites is 1. The van der Waals surface area contributed by atoms with E-state index in [2.05, 4.69) is 12.2 Å². The number of rotatable bonds is 9. The van der Waals surface area contributed by atoms with Gasteiger partial charge in [-0.2, -0.15) is 0 Å². The molecule has 2 aromatic rings. The van der Waals surface area contributed by atoms with E-state index in [9.17, 15) is 9.59 Å². The Morgan fingerprint density at radius 2 is 1.73 bits per heavy atom. The molecule has 0 bridgehead atoms. The van der Waals surface area contributed by atoms with Crippen molar-refractivity contribution in [1.82, 2.24) is 5.32 Å². The van der Waals surface area contributed by atoms with Crippen molar-refractivity contribution >= 4 is 11.9 Å². The molecule has 1 unspecified atom stereocenters. The Balaban J connectivity index is 1.91. The van der Waals surface area contributed by atoms with E-state index in [4.69, 9.17) is 9.47 Å². The average molecular weight is 355 g/mol. The van der Waals surface area contributed by atoms with E-state index in [-0.39, 0.29) is 18.6 Å². The molecule has 5 heteroatoms. The maximum Gasteiger partial charge on any atom is 0.342 e. The highest BCUT2D eigenvalue weighted by atomic mass is 16.5. The van der Waals surface area contributed by atoms with Gasteiger partial charge in [-0.05, 0) is 31.0 Å². The SMILES string of the molecule is CCCC(C)NC(=O)COC(=O)c1ccccc1OCc1ccccc1. The zero-order valence-corrected chi connectivity index (χ0v) is 15.2. The summed E-state index contributed by atoms with van der Waals surface area (Å²) < 4.78 is 10.9. The Morgan fingerprint density at radius 3 is 2.46 bits per heavy atom. The van der Waals surface area contributed by atoms with Gasteiger partial charge in [0.25, 0.3) is 5.91 Å². The van der Waals surface area contributed by atoms with E-state index in [1.807, 2.05) is 37.3 Å². The molecule has 0 aliphatic heterocycles. The molecule has 0 radical (unpaired) electrons. The molecule has 2 aromatic carbocycles. The standard InChI is InChI=1S/C21H25NO4/c1-3-9-16(2)22-20(23)15-26-21(24)18-12-7-8-13-19(18)25-14-17-10-5-4-6-11-17/h4-8,10-13,16H,3,9,14-15H2,1-2H3,(H,22,23). The number of nitrogens with one attached hydrogen (secondary N) is 1. The topological polar surface area (TPSA) is 64.6 Å². The molecule has 0 fully saturated rings. The average Bonchev–Trinajstić information content (AvgIpc) is 2.65. The first kappa shape index (κ1) is 19.5. The number of esters is 1. The third-order valence-corrected chi connectivity index (χ3v) is 3.81. The number of hydrogen-bond donors (Lipinski definition) is 1.